The predicted octanol–water partition coefficient (Wildman–Crippen LogP) is 1.97. The summed E-state index contributed by atoms with van der Waals surface area (Å²) in [5.41, 5.74) is 0.702. The van der Waals surface area contributed by atoms with Crippen molar-refractivity contribution in [2.24, 2.45) is 5.92 Å². The zero-order valence-electron chi connectivity index (χ0n) is 16.0. The van der Waals surface area contributed by atoms with E-state index in [1.165, 1.54) is 0 Å². The fraction of sp³-hybridized carbons (Fsp3) is 0.550. The highest BCUT2D eigenvalue weighted by molar-refractivity contribution is 6.22. The summed E-state index contributed by atoms with van der Waals surface area (Å²) in [5, 5.41) is 2.84. The van der Waals surface area contributed by atoms with Gasteiger partial charge in [0.2, 0.25) is 5.91 Å². The van der Waals surface area contributed by atoms with Crippen molar-refractivity contribution >= 4 is 17.7 Å². The van der Waals surface area contributed by atoms with Crippen LogP contribution in [-0.2, 0) is 14.3 Å². The van der Waals surface area contributed by atoms with Crippen molar-refractivity contribution in [2.45, 2.75) is 45.4 Å². The maximum Gasteiger partial charge on any atom is 0.262 e. The third-order valence-electron chi connectivity index (χ3n) is 4.91. The van der Waals surface area contributed by atoms with Crippen molar-refractivity contribution in [2.75, 3.05) is 19.8 Å². The Kier molecular flexibility index (Phi) is 5.62. The maximum absolute atomic E-state index is 12.8. The molecular weight excluding hydrogens is 348 g/mol. The van der Waals surface area contributed by atoms with Crippen LogP contribution < -0.4 is 5.32 Å². The normalized spacial score (nSPS) is 19.5. The molecular formula is C20H26N2O5. The molecule has 0 aromatic heterocycles. The Morgan fingerprint density at radius 2 is 1.70 bits per heavy atom. The van der Waals surface area contributed by atoms with E-state index in [0.717, 1.165) is 4.90 Å². The van der Waals surface area contributed by atoms with Crippen molar-refractivity contribution in [3.05, 3.63) is 35.4 Å². The van der Waals surface area contributed by atoms with E-state index in [2.05, 4.69) is 5.32 Å². The van der Waals surface area contributed by atoms with Crippen LogP contribution in [0.3, 0.4) is 0 Å². The first kappa shape index (κ1) is 19.5. The molecule has 3 amide bonds. The molecule has 1 saturated heterocycles. The molecule has 2 aliphatic rings. The van der Waals surface area contributed by atoms with Crippen LogP contribution in [0.5, 0.6) is 0 Å². The molecule has 1 atom stereocenters. The summed E-state index contributed by atoms with van der Waals surface area (Å²) < 4.78 is 11.1. The summed E-state index contributed by atoms with van der Waals surface area (Å²) in [4.78, 5) is 39.5. The second kappa shape index (κ2) is 7.78. The molecule has 1 unspecified atom stereocenters. The first-order chi connectivity index (χ1) is 12.8. The van der Waals surface area contributed by atoms with Crippen LogP contribution in [0.2, 0.25) is 0 Å². The van der Waals surface area contributed by atoms with Gasteiger partial charge in [-0.15, -0.1) is 0 Å². The van der Waals surface area contributed by atoms with Gasteiger partial charge >= 0.3 is 0 Å². The van der Waals surface area contributed by atoms with Gasteiger partial charge in [0.25, 0.3) is 11.8 Å². The number of nitrogens with zero attached hydrogens (tertiary/aromatic N) is 1. The lowest BCUT2D eigenvalue weighted by Crippen LogP contribution is -2.50. The number of nitrogens with one attached hydrogen (secondary N) is 1. The minimum Gasteiger partial charge on any atom is -0.354 e. The Balaban J connectivity index is 1.71. The van der Waals surface area contributed by atoms with Gasteiger partial charge in [-0.25, -0.2) is 0 Å². The molecule has 1 aromatic rings. The van der Waals surface area contributed by atoms with Crippen molar-refractivity contribution in [1.82, 2.24) is 10.2 Å². The number of imide groups is 1. The number of benzene rings is 1. The zero-order chi connectivity index (χ0) is 19.6. The molecule has 0 radical (unpaired) electrons. The van der Waals surface area contributed by atoms with E-state index >= 15 is 0 Å². The van der Waals surface area contributed by atoms with Gasteiger partial charge < -0.3 is 14.8 Å². The number of amides is 3. The van der Waals surface area contributed by atoms with Gasteiger partial charge in [0.15, 0.2) is 5.79 Å². The summed E-state index contributed by atoms with van der Waals surface area (Å²) in [5.74, 6) is -1.71. The highest BCUT2D eigenvalue weighted by atomic mass is 16.7. The Hall–Kier alpha value is -2.25. The quantitative estimate of drug-likeness (QED) is 0.738. The molecule has 7 nitrogen and oxygen atoms in total. The highest BCUT2D eigenvalue weighted by Crippen LogP contribution is 2.27. The standard InChI is InChI=1S/C20H26N2O5/c1-13(2)12-16(17(23)21-9-8-20(3)26-10-11-27-20)22-18(24)14-6-4-5-7-15(14)19(22)25/h4-7,13,16H,8-12H2,1-3H3,(H,21,23). The lowest BCUT2D eigenvalue weighted by atomic mass is 10.0. The smallest absolute Gasteiger partial charge is 0.262 e. The molecule has 7 heteroatoms. The maximum atomic E-state index is 12.8. The first-order valence-corrected chi connectivity index (χ1v) is 9.35. The van der Waals surface area contributed by atoms with Crippen molar-refractivity contribution < 1.29 is 23.9 Å². The number of hydrogen-bond donors (Lipinski definition) is 1. The van der Waals surface area contributed by atoms with E-state index in [-0.39, 0.29) is 11.8 Å². The van der Waals surface area contributed by atoms with Crippen LogP contribution in [0.1, 0.15) is 54.3 Å². The minimum atomic E-state index is -0.837. The van der Waals surface area contributed by atoms with Gasteiger partial charge in [0, 0.05) is 13.0 Å². The average molecular weight is 374 g/mol. The Bertz CT molecular complexity index is 705. The van der Waals surface area contributed by atoms with Crippen LogP contribution in [0, 0.1) is 5.92 Å². The largest absolute Gasteiger partial charge is 0.354 e. The fourth-order valence-electron chi connectivity index (χ4n) is 3.50. The molecule has 2 heterocycles. The third kappa shape index (κ3) is 4.04. The number of ether oxygens (including phenoxy) is 2. The molecule has 0 aliphatic carbocycles. The van der Waals surface area contributed by atoms with Crippen LogP contribution in [-0.4, -0.2) is 54.2 Å². The molecule has 0 bridgehead atoms. The average Bonchev–Trinajstić information content (AvgIpc) is 3.16. The number of rotatable bonds is 7. The van der Waals surface area contributed by atoms with Gasteiger partial charge in [0.05, 0.1) is 24.3 Å². The lowest BCUT2D eigenvalue weighted by molar-refractivity contribution is -0.147. The molecule has 146 valence electrons. The van der Waals surface area contributed by atoms with Gasteiger partial charge in [-0.3, -0.25) is 19.3 Å². The predicted molar refractivity (Wildman–Crippen MR) is 98.1 cm³/mol. The molecule has 2 aliphatic heterocycles. The van der Waals surface area contributed by atoms with E-state index in [1.54, 1.807) is 24.3 Å². The molecule has 1 N–H and O–H groups in total. The van der Waals surface area contributed by atoms with Crippen LogP contribution in [0.15, 0.2) is 24.3 Å². The Morgan fingerprint density at radius 1 is 1.15 bits per heavy atom. The monoisotopic (exact) mass is 374 g/mol. The molecule has 1 fully saturated rings. The number of carbonyl (C=O) groups excluding carboxylic acids is 3. The molecule has 0 spiro atoms. The van der Waals surface area contributed by atoms with Gasteiger partial charge in [-0.05, 0) is 31.4 Å². The summed E-state index contributed by atoms with van der Waals surface area (Å²) in [7, 11) is 0. The molecule has 27 heavy (non-hydrogen) atoms. The summed E-state index contributed by atoms with van der Waals surface area (Å²) in [6.07, 6.45) is 0.900. The first-order valence-electron chi connectivity index (χ1n) is 9.35. The summed E-state index contributed by atoms with van der Waals surface area (Å²) in [6, 6.07) is 5.83. The van der Waals surface area contributed by atoms with Crippen LogP contribution in [0.25, 0.3) is 0 Å². The van der Waals surface area contributed by atoms with Crippen molar-refractivity contribution in [3.8, 4) is 0 Å². The van der Waals surface area contributed by atoms with Gasteiger partial charge in [-0.2, -0.15) is 0 Å². The topological polar surface area (TPSA) is 84.9 Å². The van der Waals surface area contributed by atoms with E-state index in [4.69, 9.17) is 9.47 Å². The van der Waals surface area contributed by atoms with Gasteiger partial charge in [0.1, 0.15) is 6.04 Å². The zero-order valence-corrected chi connectivity index (χ0v) is 16.0. The Morgan fingerprint density at radius 3 is 2.22 bits per heavy atom. The summed E-state index contributed by atoms with van der Waals surface area (Å²) >= 11 is 0. The summed E-state index contributed by atoms with van der Waals surface area (Å²) in [6.45, 7) is 7.17. The third-order valence-corrected chi connectivity index (χ3v) is 4.91. The van der Waals surface area contributed by atoms with Gasteiger partial charge in [-0.1, -0.05) is 26.0 Å². The van der Waals surface area contributed by atoms with E-state index in [1.807, 2.05) is 20.8 Å². The van der Waals surface area contributed by atoms with Crippen molar-refractivity contribution in [1.29, 1.82) is 0 Å². The number of carbonyl (C=O) groups is 3. The molecule has 0 saturated carbocycles. The molecule has 3 rings (SSSR count). The van der Waals surface area contributed by atoms with E-state index in [0.29, 0.717) is 43.7 Å². The lowest BCUT2D eigenvalue weighted by Gasteiger charge is -2.28. The van der Waals surface area contributed by atoms with Crippen LogP contribution >= 0.6 is 0 Å². The number of fused-ring (bicyclic) bond motifs is 1. The Labute approximate surface area is 159 Å². The van der Waals surface area contributed by atoms with Crippen molar-refractivity contribution in [3.63, 3.8) is 0 Å². The van der Waals surface area contributed by atoms with E-state index in [9.17, 15) is 14.4 Å². The van der Waals surface area contributed by atoms with E-state index < -0.39 is 23.6 Å². The second-order valence-electron chi connectivity index (χ2n) is 7.54. The SMILES string of the molecule is CC(C)CC(C(=O)NCCC1(C)OCCO1)N1C(=O)c2ccccc2C1=O. The fourth-order valence-corrected chi connectivity index (χ4v) is 3.50. The molecule has 1 aromatic carbocycles. The number of hydrogen-bond acceptors (Lipinski definition) is 5. The second-order valence-corrected chi connectivity index (χ2v) is 7.54. The van der Waals surface area contributed by atoms with Crippen LogP contribution in [0.4, 0.5) is 0 Å². The highest BCUT2D eigenvalue weighted by Gasteiger charge is 2.42. The minimum absolute atomic E-state index is 0.143.